The van der Waals surface area contributed by atoms with Gasteiger partial charge in [0.25, 0.3) is 5.91 Å². The lowest BCUT2D eigenvalue weighted by molar-refractivity contribution is 0.102. The van der Waals surface area contributed by atoms with Gasteiger partial charge in [-0.15, -0.1) is 0 Å². The lowest BCUT2D eigenvalue weighted by Gasteiger charge is -2.06. The normalized spacial score (nSPS) is 10.3. The number of hydrogen-bond donors (Lipinski definition) is 2. The highest BCUT2D eigenvalue weighted by atomic mass is 35.5. The van der Waals surface area contributed by atoms with Crippen molar-refractivity contribution >= 4 is 34.8 Å². The predicted octanol–water partition coefficient (Wildman–Crippen LogP) is 3.42. The fourth-order valence-electron chi connectivity index (χ4n) is 1.82. The molecule has 2 heterocycles. The van der Waals surface area contributed by atoms with Crippen LogP contribution in [0.15, 0.2) is 47.2 Å². The number of nitrogens with zero attached hydrogens (tertiary/aromatic N) is 3. The van der Waals surface area contributed by atoms with Crippen molar-refractivity contribution in [3.63, 3.8) is 0 Å². The lowest BCUT2D eigenvalue weighted by atomic mass is 10.3. The summed E-state index contributed by atoms with van der Waals surface area (Å²) in [7, 11) is 0. The first-order chi connectivity index (χ1) is 11.1. The molecule has 0 atom stereocenters. The van der Waals surface area contributed by atoms with Crippen molar-refractivity contribution < 1.29 is 9.32 Å². The van der Waals surface area contributed by atoms with Crippen LogP contribution in [0.1, 0.15) is 16.2 Å². The maximum atomic E-state index is 12.1. The first kappa shape index (κ1) is 15.0. The van der Waals surface area contributed by atoms with Crippen LogP contribution in [0, 0.1) is 6.92 Å². The Hall–Kier alpha value is -2.93. The van der Waals surface area contributed by atoms with E-state index in [-0.39, 0.29) is 5.69 Å². The highest BCUT2D eigenvalue weighted by Crippen LogP contribution is 2.21. The molecule has 0 fully saturated rings. The minimum atomic E-state index is -0.394. The van der Waals surface area contributed by atoms with Gasteiger partial charge in [-0.1, -0.05) is 28.9 Å². The molecule has 0 aliphatic rings. The first-order valence-corrected chi connectivity index (χ1v) is 7.08. The Labute approximate surface area is 136 Å². The summed E-state index contributed by atoms with van der Waals surface area (Å²) in [5.41, 5.74) is 0.688. The molecular weight excluding hydrogens is 318 g/mol. The molecule has 0 bridgehead atoms. The van der Waals surface area contributed by atoms with E-state index in [4.69, 9.17) is 16.1 Å². The quantitative estimate of drug-likeness (QED) is 0.761. The average molecular weight is 330 g/mol. The van der Waals surface area contributed by atoms with E-state index in [2.05, 4.69) is 25.8 Å². The van der Waals surface area contributed by atoms with Crippen LogP contribution in [-0.4, -0.2) is 21.0 Å². The number of halogens is 1. The smallest absolute Gasteiger partial charge is 0.275 e. The molecule has 0 aliphatic heterocycles. The Morgan fingerprint density at radius 3 is 2.65 bits per heavy atom. The van der Waals surface area contributed by atoms with Crippen molar-refractivity contribution in [2.24, 2.45) is 0 Å². The van der Waals surface area contributed by atoms with Gasteiger partial charge in [-0.2, -0.15) is 0 Å². The predicted molar refractivity (Wildman–Crippen MR) is 86.0 cm³/mol. The van der Waals surface area contributed by atoms with Crippen LogP contribution in [-0.2, 0) is 0 Å². The highest BCUT2D eigenvalue weighted by Gasteiger charge is 2.10. The zero-order valence-corrected chi connectivity index (χ0v) is 12.8. The zero-order valence-electron chi connectivity index (χ0n) is 12.1. The minimum Gasteiger partial charge on any atom is -0.360 e. The van der Waals surface area contributed by atoms with Gasteiger partial charge in [0.1, 0.15) is 17.3 Å². The van der Waals surface area contributed by atoms with Crippen LogP contribution < -0.4 is 10.6 Å². The molecule has 7 nitrogen and oxygen atoms in total. The first-order valence-electron chi connectivity index (χ1n) is 6.70. The summed E-state index contributed by atoms with van der Waals surface area (Å²) in [4.78, 5) is 20.3. The molecule has 2 N–H and O–H groups in total. The molecule has 8 heteroatoms. The largest absolute Gasteiger partial charge is 0.360 e. The van der Waals surface area contributed by atoms with E-state index in [0.717, 1.165) is 0 Å². The molecule has 0 aliphatic carbocycles. The van der Waals surface area contributed by atoms with Crippen molar-refractivity contribution in [2.75, 3.05) is 10.6 Å². The van der Waals surface area contributed by atoms with Crippen molar-refractivity contribution in [2.45, 2.75) is 6.92 Å². The van der Waals surface area contributed by atoms with E-state index in [9.17, 15) is 4.79 Å². The number of carbonyl (C=O) groups is 1. The van der Waals surface area contributed by atoms with Crippen LogP contribution in [0.4, 0.5) is 17.3 Å². The number of carbonyl (C=O) groups excluding carboxylic acids is 1. The van der Waals surface area contributed by atoms with E-state index in [1.807, 2.05) is 0 Å². The number of rotatable bonds is 4. The molecule has 1 amide bonds. The number of benzene rings is 1. The standard InChI is InChI=1S/C15H12ClN5O2/c1-9-6-13(21-23-9)20-14-8-17-12(7-18-14)15(22)19-11-5-3-2-4-10(11)16/h2-8H,1H3,(H,19,22)(H,18,20,21). The van der Waals surface area contributed by atoms with Gasteiger partial charge in [-0.25, -0.2) is 9.97 Å². The molecule has 2 aromatic heterocycles. The van der Waals surface area contributed by atoms with Gasteiger partial charge in [-0.05, 0) is 19.1 Å². The number of amides is 1. The third-order valence-corrected chi connectivity index (χ3v) is 3.22. The third kappa shape index (κ3) is 3.64. The average Bonchev–Trinajstić information content (AvgIpc) is 2.95. The summed E-state index contributed by atoms with van der Waals surface area (Å²) in [5, 5.41) is 9.83. The number of para-hydroxylation sites is 1. The SMILES string of the molecule is Cc1cc(Nc2cnc(C(=O)Nc3ccccc3Cl)cn2)no1. The molecule has 23 heavy (non-hydrogen) atoms. The van der Waals surface area contributed by atoms with Crippen LogP contribution in [0.2, 0.25) is 5.02 Å². The van der Waals surface area contributed by atoms with E-state index in [0.29, 0.717) is 28.1 Å². The van der Waals surface area contributed by atoms with E-state index >= 15 is 0 Å². The zero-order chi connectivity index (χ0) is 16.2. The highest BCUT2D eigenvalue weighted by molar-refractivity contribution is 6.33. The molecule has 0 unspecified atom stereocenters. The van der Waals surface area contributed by atoms with Crippen molar-refractivity contribution in [1.82, 2.24) is 15.1 Å². The molecule has 0 saturated heterocycles. The Morgan fingerprint density at radius 1 is 1.17 bits per heavy atom. The summed E-state index contributed by atoms with van der Waals surface area (Å²) < 4.78 is 4.94. The number of nitrogens with one attached hydrogen (secondary N) is 2. The molecular formula is C15H12ClN5O2. The summed E-state index contributed by atoms with van der Waals surface area (Å²) in [6, 6.07) is 8.68. The summed E-state index contributed by atoms with van der Waals surface area (Å²) in [6.45, 7) is 1.78. The molecule has 0 spiro atoms. The summed E-state index contributed by atoms with van der Waals surface area (Å²) in [5.74, 6) is 1.25. The maximum absolute atomic E-state index is 12.1. The topological polar surface area (TPSA) is 92.9 Å². The molecule has 0 saturated carbocycles. The van der Waals surface area contributed by atoms with Crippen LogP contribution in [0.3, 0.4) is 0 Å². The second-order valence-corrected chi connectivity index (χ2v) is 5.08. The van der Waals surface area contributed by atoms with Crippen molar-refractivity contribution in [1.29, 1.82) is 0 Å². The van der Waals surface area contributed by atoms with Gasteiger partial charge in [0.05, 0.1) is 23.1 Å². The van der Waals surface area contributed by atoms with E-state index < -0.39 is 5.91 Å². The Morgan fingerprint density at radius 2 is 2.00 bits per heavy atom. The van der Waals surface area contributed by atoms with Crippen LogP contribution in [0.25, 0.3) is 0 Å². The second kappa shape index (κ2) is 6.45. The second-order valence-electron chi connectivity index (χ2n) is 4.67. The van der Waals surface area contributed by atoms with Crippen LogP contribution in [0.5, 0.6) is 0 Å². The van der Waals surface area contributed by atoms with Gasteiger partial charge in [-0.3, -0.25) is 4.79 Å². The molecule has 3 rings (SSSR count). The molecule has 1 aromatic carbocycles. The molecule has 0 radical (unpaired) electrons. The fourth-order valence-corrected chi connectivity index (χ4v) is 2.00. The number of aryl methyl sites for hydroxylation is 1. The lowest BCUT2D eigenvalue weighted by Crippen LogP contribution is -2.14. The van der Waals surface area contributed by atoms with Crippen molar-refractivity contribution in [3.8, 4) is 0 Å². The number of aromatic nitrogens is 3. The summed E-state index contributed by atoms with van der Waals surface area (Å²) in [6.07, 6.45) is 2.80. The number of anilines is 3. The van der Waals surface area contributed by atoms with Gasteiger partial charge < -0.3 is 15.2 Å². The maximum Gasteiger partial charge on any atom is 0.275 e. The van der Waals surface area contributed by atoms with Gasteiger partial charge in [0.15, 0.2) is 5.82 Å². The number of hydrogen-bond acceptors (Lipinski definition) is 6. The third-order valence-electron chi connectivity index (χ3n) is 2.89. The van der Waals surface area contributed by atoms with Crippen LogP contribution >= 0.6 is 11.6 Å². The summed E-state index contributed by atoms with van der Waals surface area (Å²) >= 11 is 6.00. The van der Waals surface area contributed by atoms with Gasteiger partial charge in [0, 0.05) is 6.07 Å². The van der Waals surface area contributed by atoms with E-state index in [1.165, 1.54) is 12.4 Å². The Bertz CT molecular complexity index is 832. The monoisotopic (exact) mass is 329 g/mol. The van der Waals surface area contributed by atoms with Gasteiger partial charge in [0.2, 0.25) is 0 Å². The molecule has 116 valence electrons. The Balaban J connectivity index is 1.69. The fraction of sp³-hybridized carbons (Fsp3) is 0.0667. The molecule has 3 aromatic rings. The Kier molecular flexibility index (Phi) is 4.20. The van der Waals surface area contributed by atoms with Crippen molar-refractivity contribution in [3.05, 3.63) is 59.2 Å². The minimum absolute atomic E-state index is 0.173. The van der Waals surface area contributed by atoms with Gasteiger partial charge >= 0.3 is 0 Å². The van der Waals surface area contributed by atoms with E-state index in [1.54, 1.807) is 37.3 Å².